The van der Waals surface area contributed by atoms with E-state index in [4.69, 9.17) is 5.73 Å². The molecule has 1 aliphatic rings. The lowest BCUT2D eigenvalue weighted by Crippen LogP contribution is -2.27. The monoisotopic (exact) mass is 444 g/mol. The van der Waals surface area contributed by atoms with Gasteiger partial charge in [0.05, 0.1) is 28.9 Å². The fourth-order valence-electron chi connectivity index (χ4n) is 3.19. The minimum absolute atomic E-state index is 0.0659. The lowest BCUT2D eigenvalue weighted by Gasteiger charge is -2.21. The predicted octanol–water partition coefficient (Wildman–Crippen LogP) is 3.25. The lowest BCUT2D eigenvalue weighted by molar-refractivity contribution is -0.394. The van der Waals surface area contributed by atoms with Gasteiger partial charge in [0.2, 0.25) is 5.91 Å². The molecule has 2 aromatic carbocycles. The number of methoxy groups -OCH3 is 1. The molecule has 3 N–H and O–H groups in total. The summed E-state index contributed by atoms with van der Waals surface area (Å²) in [6.45, 7) is 3.49. The van der Waals surface area contributed by atoms with Gasteiger partial charge in [-0.2, -0.15) is 0 Å². The van der Waals surface area contributed by atoms with Gasteiger partial charge < -0.3 is 15.8 Å². The van der Waals surface area contributed by atoms with Gasteiger partial charge in [-0.05, 0) is 36.6 Å². The van der Waals surface area contributed by atoms with E-state index in [1.165, 1.54) is 24.8 Å². The first-order valence-electron chi connectivity index (χ1n) is 9.72. The first-order chi connectivity index (χ1) is 15.0. The number of nitrogens with zero attached hydrogens (tertiary/aromatic N) is 2. The van der Waals surface area contributed by atoms with Gasteiger partial charge in [0.15, 0.2) is 0 Å². The highest BCUT2D eigenvalue weighted by molar-refractivity contribution is 5.96. The molecule has 0 radical (unpaired) electrons. The molecule has 170 valence electrons. The third-order valence-corrected chi connectivity index (χ3v) is 4.97. The summed E-state index contributed by atoms with van der Waals surface area (Å²) in [6, 6.07) is 8.99. The summed E-state index contributed by atoms with van der Waals surface area (Å²) in [6.07, 6.45) is 0.891. The van der Waals surface area contributed by atoms with Gasteiger partial charge in [-0.15, -0.1) is 0 Å². The summed E-state index contributed by atoms with van der Waals surface area (Å²) in [4.78, 5) is 42.6. The molecular formula is C21H24N4O7. The van der Waals surface area contributed by atoms with Crippen LogP contribution in [0.4, 0.5) is 22.7 Å². The topological polar surface area (TPSA) is 168 Å². The molecule has 0 aromatic heterocycles. The molecule has 1 amide bonds. The van der Waals surface area contributed by atoms with E-state index in [-0.39, 0.29) is 35.2 Å². The number of fused-ring (bicyclic) bond motifs is 1. The second-order valence-corrected chi connectivity index (χ2v) is 7.47. The van der Waals surface area contributed by atoms with Crippen molar-refractivity contribution in [2.24, 2.45) is 11.8 Å². The average Bonchev–Trinajstić information content (AvgIpc) is 2.74. The van der Waals surface area contributed by atoms with Crippen molar-refractivity contribution < 1.29 is 24.2 Å². The van der Waals surface area contributed by atoms with E-state index in [9.17, 15) is 29.8 Å². The standard InChI is InChI=1S/C11H12N2O6.C10H12N2O/c1-7(11(14)19-2)5-8-3-4-9(12(15)16)6-10(8)13(17)18;1-6-4-7-2-3-8(11)5-9(7)12-10(6)13/h3-4,6-7H,5H2,1-2H3;2-3,5-6H,4,11H2,1H3,(H,12,13). The second kappa shape index (κ2) is 10.3. The predicted molar refractivity (Wildman–Crippen MR) is 117 cm³/mol. The summed E-state index contributed by atoms with van der Waals surface area (Å²) in [5, 5.41) is 24.3. The molecule has 1 aliphatic heterocycles. The van der Waals surface area contributed by atoms with Crippen LogP contribution in [0.3, 0.4) is 0 Å². The van der Waals surface area contributed by atoms with Crippen LogP contribution in [0.25, 0.3) is 0 Å². The number of benzene rings is 2. The van der Waals surface area contributed by atoms with Crippen LogP contribution in [0.1, 0.15) is 25.0 Å². The quantitative estimate of drug-likeness (QED) is 0.306. The Kier molecular flexibility index (Phi) is 7.83. The Morgan fingerprint density at radius 2 is 1.91 bits per heavy atom. The number of carbonyl (C=O) groups excluding carboxylic acids is 2. The molecular weight excluding hydrogens is 420 g/mol. The highest BCUT2D eigenvalue weighted by Gasteiger charge is 2.23. The molecule has 32 heavy (non-hydrogen) atoms. The summed E-state index contributed by atoms with van der Waals surface area (Å²) < 4.78 is 4.53. The molecule has 0 bridgehead atoms. The number of amides is 1. The highest BCUT2D eigenvalue weighted by atomic mass is 16.6. The molecule has 2 atom stereocenters. The van der Waals surface area contributed by atoms with Gasteiger partial charge in [0.1, 0.15) is 0 Å². The number of nitro benzene ring substituents is 2. The summed E-state index contributed by atoms with van der Waals surface area (Å²) >= 11 is 0. The van der Waals surface area contributed by atoms with Gasteiger partial charge in [-0.25, -0.2) is 0 Å². The van der Waals surface area contributed by atoms with E-state index < -0.39 is 21.7 Å². The zero-order valence-corrected chi connectivity index (χ0v) is 17.9. The van der Waals surface area contributed by atoms with Crippen LogP contribution in [0, 0.1) is 32.1 Å². The summed E-state index contributed by atoms with van der Waals surface area (Å²) in [5.74, 6) is -0.910. The van der Waals surface area contributed by atoms with Gasteiger partial charge in [-0.1, -0.05) is 19.9 Å². The largest absolute Gasteiger partial charge is 0.469 e. The number of nitrogens with two attached hydrogens (primary N) is 1. The van der Waals surface area contributed by atoms with Crippen LogP contribution in [0.5, 0.6) is 0 Å². The number of anilines is 2. The van der Waals surface area contributed by atoms with Crippen LogP contribution >= 0.6 is 0 Å². The number of rotatable bonds is 5. The van der Waals surface area contributed by atoms with E-state index in [2.05, 4.69) is 10.1 Å². The van der Waals surface area contributed by atoms with Crippen LogP contribution in [0.15, 0.2) is 36.4 Å². The van der Waals surface area contributed by atoms with Crippen LogP contribution < -0.4 is 11.1 Å². The Balaban J connectivity index is 0.000000242. The SMILES string of the molecule is CC1Cc2ccc(N)cc2NC1=O.COC(=O)C(C)Cc1ccc([N+](=O)[O-])cc1[N+](=O)[O-]. The van der Waals surface area contributed by atoms with Crippen LogP contribution in [-0.2, 0) is 27.2 Å². The smallest absolute Gasteiger partial charge is 0.308 e. The fraction of sp³-hybridized carbons (Fsp3) is 0.333. The molecule has 11 nitrogen and oxygen atoms in total. The van der Waals surface area contributed by atoms with Crippen molar-refractivity contribution in [1.82, 2.24) is 0 Å². The molecule has 1 heterocycles. The number of non-ortho nitro benzene ring substituents is 1. The van der Waals surface area contributed by atoms with E-state index in [0.717, 1.165) is 18.2 Å². The molecule has 2 unspecified atom stereocenters. The fourth-order valence-corrected chi connectivity index (χ4v) is 3.19. The first kappa shape index (κ1) is 24.3. The van der Waals surface area contributed by atoms with Crippen molar-refractivity contribution in [2.45, 2.75) is 26.7 Å². The normalized spacial score (nSPS) is 15.3. The molecule has 0 spiro atoms. The maximum absolute atomic E-state index is 11.3. The van der Waals surface area contributed by atoms with Gasteiger partial charge in [0, 0.05) is 28.9 Å². The highest BCUT2D eigenvalue weighted by Crippen LogP contribution is 2.28. The molecule has 11 heteroatoms. The van der Waals surface area contributed by atoms with E-state index in [1.54, 1.807) is 13.0 Å². The minimum atomic E-state index is -0.708. The Morgan fingerprint density at radius 1 is 1.22 bits per heavy atom. The number of nitrogens with one attached hydrogen (secondary N) is 1. The first-order valence-corrected chi connectivity index (χ1v) is 9.72. The van der Waals surface area contributed by atoms with Crippen LogP contribution in [-0.4, -0.2) is 28.8 Å². The number of carbonyl (C=O) groups is 2. The minimum Gasteiger partial charge on any atom is -0.469 e. The number of esters is 1. The number of ether oxygens (including phenoxy) is 1. The van der Waals surface area contributed by atoms with Crippen molar-refractivity contribution in [2.75, 3.05) is 18.2 Å². The van der Waals surface area contributed by atoms with Gasteiger partial charge in [-0.3, -0.25) is 29.8 Å². The third-order valence-electron chi connectivity index (χ3n) is 4.97. The third kappa shape index (κ3) is 6.00. The summed E-state index contributed by atoms with van der Waals surface area (Å²) in [7, 11) is 1.23. The Morgan fingerprint density at radius 3 is 2.50 bits per heavy atom. The number of nitrogen functional groups attached to an aromatic ring is 1. The Labute approximate surface area is 183 Å². The summed E-state index contributed by atoms with van der Waals surface area (Å²) in [5.41, 5.74) is 7.86. The average molecular weight is 444 g/mol. The lowest BCUT2D eigenvalue weighted by atomic mass is 9.94. The molecule has 0 fully saturated rings. The number of hydrogen-bond donors (Lipinski definition) is 2. The molecule has 0 saturated heterocycles. The zero-order chi connectivity index (χ0) is 24.0. The number of nitro groups is 2. The zero-order valence-electron chi connectivity index (χ0n) is 17.9. The van der Waals surface area contributed by atoms with Gasteiger partial charge in [0.25, 0.3) is 11.4 Å². The number of hydrogen-bond acceptors (Lipinski definition) is 8. The Bertz CT molecular complexity index is 1050. The van der Waals surface area contributed by atoms with Crippen molar-refractivity contribution in [3.05, 3.63) is 67.8 Å². The second-order valence-electron chi connectivity index (χ2n) is 7.47. The molecule has 0 aliphatic carbocycles. The van der Waals surface area contributed by atoms with E-state index in [1.807, 2.05) is 19.1 Å². The van der Waals surface area contributed by atoms with Crippen molar-refractivity contribution in [3.63, 3.8) is 0 Å². The van der Waals surface area contributed by atoms with E-state index >= 15 is 0 Å². The van der Waals surface area contributed by atoms with Crippen molar-refractivity contribution in [3.8, 4) is 0 Å². The van der Waals surface area contributed by atoms with Gasteiger partial charge >= 0.3 is 5.97 Å². The van der Waals surface area contributed by atoms with Crippen molar-refractivity contribution in [1.29, 1.82) is 0 Å². The van der Waals surface area contributed by atoms with Crippen molar-refractivity contribution >= 4 is 34.6 Å². The Hall–Kier alpha value is -4.02. The molecule has 2 aromatic rings. The molecule has 3 rings (SSSR count). The maximum Gasteiger partial charge on any atom is 0.308 e. The maximum atomic E-state index is 11.3. The van der Waals surface area contributed by atoms with Crippen LogP contribution in [0.2, 0.25) is 0 Å². The molecule has 0 saturated carbocycles. The van der Waals surface area contributed by atoms with E-state index in [0.29, 0.717) is 5.69 Å².